The maximum atomic E-state index is 13.1. The summed E-state index contributed by atoms with van der Waals surface area (Å²) in [5.41, 5.74) is 0.200. The highest BCUT2D eigenvalue weighted by molar-refractivity contribution is 7.16. The van der Waals surface area contributed by atoms with Gasteiger partial charge in [-0.2, -0.15) is 0 Å². The lowest BCUT2D eigenvalue weighted by molar-refractivity contribution is -0.129. The van der Waals surface area contributed by atoms with Crippen molar-refractivity contribution in [2.24, 2.45) is 0 Å². The molecule has 1 amide bonds. The molecule has 5 nitrogen and oxygen atoms in total. The first kappa shape index (κ1) is 20.8. The van der Waals surface area contributed by atoms with Gasteiger partial charge in [0.1, 0.15) is 0 Å². The third-order valence-corrected chi connectivity index (χ3v) is 7.56. The maximum Gasteiger partial charge on any atom is 0.266 e. The summed E-state index contributed by atoms with van der Waals surface area (Å²) in [6.07, 6.45) is 5.83. The maximum absolute atomic E-state index is 13.1. The molecule has 1 aliphatic carbocycles. The van der Waals surface area contributed by atoms with Crippen molar-refractivity contribution < 1.29 is 9.90 Å². The molecule has 3 aromatic rings. The van der Waals surface area contributed by atoms with Gasteiger partial charge in [0.25, 0.3) is 5.91 Å². The molecule has 0 unspecified atom stereocenters. The van der Waals surface area contributed by atoms with Crippen LogP contribution in [0.1, 0.15) is 42.5 Å². The third-order valence-electron chi connectivity index (χ3n) is 5.95. The van der Waals surface area contributed by atoms with Crippen molar-refractivity contribution in [2.45, 2.75) is 43.7 Å². The number of halogens is 2. The second-order valence-corrected chi connectivity index (χ2v) is 9.86. The summed E-state index contributed by atoms with van der Waals surface area (Å²) in [7, 11) is 0. The normalized spacial score (nSPS) is 21.1. The van der Waals surface area contributed by atoms with Crippen molar-refractivity contribution in [1.82, 2.24) is 4.98 Å². The first-order valence-corrected chi connectivity index (χ1v) is 11.9. The lowest BCUT2D eigenvalue weighted by atomic mass is 9.91. The van der Waals surface area contributed by atoms with Crippen LogP contribution in [0.2, 0.25) is 10.0 Å². The number of benzene rings is 2. The molecule has 0 saturated heterocycles. The molecule has 0 spiro atoms. The molecule has 1 saturated carbocycles. The number of fused-ring (bicyclic) bond motifs is 1. The van der Waals surface area contributed by atoms with Crippen LogP contribution in [0.4, 0.5) is 10.8 Å². The highest BCUT2D eigenvalue weighted by atomic mass is 35.5. The van der Waals surface area contributed by atoms with Crippen LogP contribution < -0.4 is 10.6 Å². The van der Waals surface area contributed by atoms with Gasteiger partial charge in [0.05, 0.1) is 21.3 Å². The number of nitrogens with zero attached hydrogens (tertiary/aromatic N) is 1. The average Bonchev–Trinajstić information content (AvgIpc) is 3.30. The van der Waals surface area contributed by atoms with Crippen LogP contribution in [0.25, 0.3) is 11.3 Å². The zero-order valence-corrected chi connectivity index (χ0v) is 18.9. The van der Waals surface area contributed by atoms with Gasteiger partial charge < -0.3 is 15.7 Å². The Morgan fingerprint density at radius 3 is 2.61 bits per heavy atom. The number of carbonyl (C=O) groups excluding carboxylic acids is 1. The zero-order valence-electron chi connectivity index (χ0n) is 16.6. The summed E-state index contributed by atoms with van der Waals surface area (Å²) >= 11 is 13.8. The van der Waals surface area contributed by atoms with Crippen LogP contribution in [0, 0.1) is 0 Å². The molecule has 1 aliphatic heterocycles. The van der Waals surface area contributed by atoms with Gasteiger partial charge in [-0.05, 0) is 25.0 Å². The quantitative estimate of drug-likeness (QED) is 0.431. The van der Waals surface area contributed by atoms with E-state index in [0.29, 0.717) is 38.0 Å². The van der Waals surface area contributed by atoms with Gasteiger partial charge >= 0.3 is 0 Å². The van der Waals surface area contributed by atoms with E-state index in [1.54, 1.807) is 12.1 Å². The van der Waals surface area contributed by atoms with E-state index in [1.165, 1.54) is 30.6 Å². The van der Waals surface area contributed by atoms with Crippen LogP contribution in [0.5, 0.6) is 0 Å². The van der Waals surface area contributed by atoms with Crippen molar-refractivity contribution in [3.63, 3.8) is 0 Å². The molecule has 0 bridgehead atoms. The van der Waals surface area contributed by atoms with Gasteiger partial charge in [-0.25, -0.2) is 4.98 Å². The highest BCUT2D eigenvalue weighted by Crippen LogP contribution is 2.50. The number of aromatic nitrogens is 1. The Hall–Kier alpha value is -2.12. The Kier molecular flexibility index (Phi) is 5.42. The van der Waals surface area contributed by atoms with Crippen molar-refractivity contribution in [2.75, 3.05) is 10.6 Å². The SMILES string of the molecule is O=C1Nc2c(Cl)cc(Cl)cc2[C@@]1(O)c1sc(NC2CCCCC2)nc1-c1ccccc1. The third kappa shape index (κ3) is 3.61. The Morgan fingerprint density at radius 2 is 1.87 bits per heavy atom. The van der Waals surface area contributed by atoms with Gasteiger partial charge in [-0.3, -0.25) is 4.79 Å². The Bertz CT molecular complexity index is 1150. The number of rotatable bonds is 4. The van der Waals surface area contributed by atoms with Crippen LogP contribution in [-0.2, 0) is 10.4 Å². The summed E-state index contributed by atoms with van der Waals surface area (Å²) < 4.78 is 0. The molecule has 3 N–H and O–H groups in total. The first-order valence-electron chi connectivity index (χ1n) is 10.3. The fourth-order valence-corrected chi connectivity index (χ4v) is 6.09. The summed E-state index contributed by atoms with van der Waals surface area (Å²) in [4.78, 5) is 18.4. The molecule has 160 valence electrons. The van der Waals surface area contributed by atoms with Gasteiger partial charge in [-0.15, -0.1) is 0 Å². The fraction of sp³-hybridized carbons (Fsp3) is 0.304. The summed E-state index contributed by atoms with van der Waals surface area (Å²) in [6.45, 7) is 0. The molecule has 2 heterocycles. The molecular formula is C23H21Cl2N3O2S. The van der Waals surface area contributed by atoms with Gasteiger partial charge in [0.15, 0.2) is 5.13 Å². The molecule has 2 aromatic carbocycles. The van der Waals surface area contributed by atoms with Gasteiger partial charge in [0, 0.05) is 22.2 Å². The lowest BCUT2D eigenvalue weighted by Gasteiger charge is -2.22. The van der Waals surface area contributed by atoms with Gasteiger partial charge in [-0.1, -0.05) is 84.1 Å². The first-order chi connectivity index (χ1) is 15.0. The Balaban J connectivity index is 1.65. The number of thiazole rings is 1. The molecule has 5 rings (SSSR count). The molecule has 0 radical (unpaired) electrons. The average molecular weight is 474 g/mol. The molecule has 8 heteroatoms. The van der Waals surface area contributed by atoms with E-state index in [0.717, 1.165) is 18.4 Å². The minimum atomic E-state index is -1.93. The largest absolute Gasteiger partial charge is 0.371 e. The lowest BCUT2D eigenvalue weighted by Crippen LogP contribution is -2.35. The van der Waals surface area contributed by atoms with Crippen molar-refractivity contribution >= 4 is 51.3 Å². The fourth-order valence-electron chi connectivity index (χ4n) is 4.38. The van der Waals surface area contributed by atoms with Crippen molar-refractivity contribution in [3.05, 3.63) is 63.0 Å². The van der Waals surface area contributed by atoms with E-state index in [1.807, 2.05) is 30.3 Å². The number of hydrogen-bond acceptors (Lipinski definition) is 5. The topological polar surface area (TPSA) is 74.2 Å². The van der Waals surface area contributed by atoms with Crippen LogP contribution in [0.15, 0.2) is 42.5 Å². The van der Waals surface area contributed by atoms with E-state index in [9.17, 15) is 9.90 Å². The Morgan fingerprint density at radius 1 is 1.13 bits per heavy atom. The second-order valence-electron chi connectivity index (χ2n) is 8.02. The number of aliphatic hydroxyl groups is 1. The van der Waals surface area contributed by atoms with Crippen molar-refractivity contribution in [3.8, 4) is 11.3 Å². The number of nitrogens with one attached hydrogen (secondary N) is 2. The molecule has 2 aliphatic rings. The summed E-state index contributed by atoms with van der Waals surface area (Å²) in [5.74, 6) is -0.559. The standard InChI is InChI=1S/C23H21Cl2N3O2S/c24-14-11-16-19(17(25)12-14)27-21(29)23(16,30)20-18(13-7-3-1-4-8-13)28-22(31-20)26-15-9-5-2-6-10-15/h1,3-4,7-8,11-12,15,30H,2,5-6,9-10H2,(H,26,28)(H,27,29)/t23-/m1/s1. The predicted octanol–water partition coefficient (Wildman–Crippen LogP) is 6.05. The monoisotopic (exact) mass is 473 g/mol. The minimum absolute atomic E-state index is 0.290. The van der Waals surface area contributed by atoms with Crippen molar-refractivity contribution in [1.29, 1.82) is 0 Å². The van der Waals surface area contributed by atoms with E-state index < -0.39 is 11.5 Å². The molecule has 1 atom stereocenters. The minimum Gasteiger partial charge on any atom is -0.371 e. The Labute approximate surface area is 194 Å². The zero-order chi connectivity index (χ0) is 21.6. The molecule has 1 fully saturated rings. The number of carbonyl (C=O) groups is 1. The second kappa shape index (κ2) is 8.10. The molecule has 1 aromatic heterocycles. The van der Waals surface area contributed by atoms with E-state index in [-0.39, 0.29) is 5.02 Å². The van der Waals surface area contributed by atoms with E-state index in [2.05, 4.69) is 10.6 Å². The predicted molar refractivity (Wildman–Crippen MR) is 126 cm³/mol. The smallest absolute Gasteiger partial charge is 0.266 e. The summed E-state index contributed by atoms with van der Waals surface area (Å²) in [5, 5.41) is 19.4. The van der Waals surface area contributed by atoms with Crippen LogP contribution in [0.3, 0.4) is 0 Å². The summed E-state index contributed by atoms with van der Waals surface area (Å²) in [6, 6.07) is 13.1. The number of amides is 1. The van der Waals surface area contributed by atoms with Crippen LogP contribution >= 0.6 is 34.5 Å². The molecule has 31 heavy (non-hydrogen) atoms. The number of anilines is 2. The molecular weight excluding hydrogens is 453 g/mol. The number of hydrogen-bond donors (Lipinski definition) is 3. The van der Waals surface area contributed by atoms with E-state index >= 15 is 0 Å². The highest BCUT2D eigenvalue weighted by Gasteiger charge is 2.51. The van der Waals surface area contributed by atoms with Crippen LogP contribution in [-0.4, -0.2) is 22.0 Å². The van der Waals surface area contributed by atoms with Gasteiger partial charge in [0.2, 0.25) is 5.60 Å². The van der Waals surface area contributed by atoms with E-state index in [4.69, 9.17) is 28.2 Å².